The molecule has 0 unspecified atom stereocenters. The van der Waals surface area contributed by atoms with Crippen LogP contribution in [-0.2, 0) is 9.59 Å². The molecule has 0 aliphatic heterocycles. The molecule has 0 aliphatic rings. The highest BCUT2D eigenvalue weighted by atomic mass is 79.9. The number of carbonyl (C=O) groups excluding carboxylic acids is 1. The highest BCUT2D eigenvalue weighted by Crippen LogP contribution is 2.21. The van der Waals surface area contributed by atoms with E-state index in [-0.39, 0.29) is 0 Å². The highest BCUT2D eigenvalue weighted by molar-refractivity contribution is 9.10. The predicted octanol–water partition coefficient (Wildman–Crippen LogP) is 0.966. The third-order valence-electron chi connectivity index (χ3n) is 0.726. The maximum atomic E-state index is 11.4. The number of hydrogen-bond donors (Lipinski definition) is 1. The zero-order valence-corrected chi connectivity index (χ0v) is 6.44. The average molecular weight is 235 g/mol. The average Bonchev–Trinajstić information content (AvgIpc) is 1.82. The zero-order valence-electron chi connectivity index (χ0n) is 4.85. The van der Waals surface area contributed by atoms with Gasteiger partial charge in [-0.3, -0.25) is 9.59 Å². The van der Waals surface area contributed by atoms with Gasteiger partial charge >= 0.3 is 12.1 Å². The molecule has 0 saturated carbocycles. The second-order valence-electron chi connectivity index (χ2n) is 1.56. The third-order valence-corrected chi connectivity index (χ3v) is 1.53. The van der Waals surface area contributed by atoms with Gasteiger partial charge in [-0.05, 0) is 0 Å². The van der Waals surface area contributed by atoms with E-state index in [1.165, 1.54) is 0 Å². The van der Waals surface area contributed by atoms with E-state index in [9.17, 15) is 22.8 Å². The van der Waals surface area contributed by atoms with Crippen molar-refractivity contribution in [2.24, 2.45) is 0 Å². The molecule has 0 heterocycles. The van der Waals surface area contributed by atoms with Crippen LogP contribution in [0, 0.1) is 0 Å². The van der Waals surface area contributed by atoms with Gasteiger partial charge in [0.1, 0.15) is 0 Å². The first-order valence-electron chi connectivity index (χ1n) is 2.24. The number of Topliss-reactive ketones (excluding diaryl/α,β-unsaturated/α-hetero) is 1. The standard InChI is InChI=1S/C4H2BrF3O3/c5-1(3(10)11)2(9)4(6,7)8/h1H,(H,10,11)/t1-/m0/s1. The van der Waals surface area contributed by atoms with Gasteiger partial charge in [0, 0.05) is 0 Å². The van der Waals surface area contributed by atoms with Crippen LogP contribution in [-0.4, -0.2) is 27.9 Å². The van der Waals surface area contributed by atoms with E-state index in [2.05, 4.69) is 15.9 Å². The summed E-state index contributed by atoms with van der Waals surface area (Å²) in [5.74, 6) is -4.17. The van der Waals surface area contributed by atoms with E-state index in [1.54, 1.807) is 0 Å². The maximum absolute atomic E-state index is 11.4. The summed E-state index contributed by atoms with van der Waals surface area (Å²) >= 11 is 2.07. The first-order valence-corrected chi connectivity index (χ1v) is 3.16. The number of carboxylic acids is 1. The Morgan fingerprint density at radius 2 is 1.73 bits per heavy atom. The van der Waals surface area contributed by atoms with Gasteiger partial charge in [-0.15, -0.1) is 0 Å². The number of alkyl halides is 4. The zero-order chi connectivity index (χ0) is 9.23. The second-order valence-corrected chi connectivity index (χ2v) is 2.48. The molecule has 0 radical (unpaired) electrons. The minimum Gasteiger partial charge on any atom is -0.480 e. The van der Waals surface area contributed by atoms with Gasteiger partial charge in [-0.25, -0.2) is 0 Å². The Hall–Kier alpha value is -0.590. The summed E-state index contributed by atoms with van der Waals surface area (Å²) in [5.41, 5.74) is 0. The molecule has 0 saturated heterocycles. The van der Waals surface area contributed by atoms with Gasteiger partial charge in [-0.1, -0.05) is 15.9 Å². The SMILES string of the molecule is O=C(O)[C@@H](Br)C(=O)C(F)(F)F. The molecular formula is C4H2BrF3O3. The van der Waals surface area contributed by atoms with Crippen LogP contribution < -0.4 is 0 Å². The van der Waals surface area contributed by atoms with Crippen molar-refractivity contribution in [1.82, 2.24) is 0 Å². The summed E-state index contributed by atoms with van der Waals surface area (Å²) in [6, 6.07) is 0. The number of aliphatic carboxylic acids is 1. The molecule has 0 aromatic carbocycles. The normalized spacial score (nSPS) is 14.2. The van der Waals surface area contributed by atoms with Crippen molar-refractivity contribution in [3.8, 4) is 0 Å². The molecule has 0 spiro atoms. The molecule has 7 heteroatoms. The number of ketones is 1. The van der Waals surface area contributed by atoms with E-state index in [4.69, 9.17) is 5.11 Å². The third kappa shape index (κ3) is 2.87. The van der Waals surface area contributed by atoms with Crippen LogP contribution >= 0.6 is 15.9 Å². The minimum atomic E-state index is -5.10. The van der Waals surface area contributed by atoms with Crippen LogP contribution in [0.15, 0.2) is 0 Å². The monoisotopic (exact) mass is 234 g/mol. The summed E-state index contributed by atoms with van der Waals surface area (Å²) < 4.78 is 34.3. The van der Waals surface area contributed by atoms with Crippen LogP contribution in [0.1, 0.15) is 0 Å². The lowest BCUT2D eigenvalue weighted by Crippen LogP contribution is -2.35. The van der Waals surface area contributed by atoms with Gasteiger partial charge in [0.25, 0.3) is 5.78 Å². The van der Waals surface area contributed by atoms with Gasteiger partial charge in [0.15, 0.2) is 4.83 Å². The van der Waals surface area contributed by atoms with E-state index < -0.39 is 22.8 Å². The molecule has 0 bridgehead atoms. The molecule has 0 fully saturated rings. The summed E-state index contributed by atoms with van der Waals surface area (Å²) in [6.45, 7) is 0. The van der Waals surface area contributed by atoms with Gasteiger partial charge < -0.3 is 5.11 Å². The molecular weight excluding hydrogens is 233 g/mol. The molecule has 1 N–H and O–H groups in total. The van der Waals surface area contributed by atoms with Crippen LogP contribution in [0.5, 0.6) is 0 Å². The van der Waals surface area contributed by atoms with Gasteiger partial charge in [-0.2, -0.15) is 13.2 Å². The van der Waals surface area contributed by atoms with Gasteiger partial charge in [0.05, 0.1) is 0 Å². The lowest BCUT2D eigenvalue weighted by molar-refractivity contribution is -0.172. The number of carboxylic acid groups (broad SMARTS) is 1. The Morgan fingerprint density at radius 3 is 1.82 bits per heavy atom. The molecule has 64 valence electrons. The van der Waals surface area contributed by atoms with E-state index in [0.717, 1.165) is 0 Å². The molecule has 0 rings (SSSR count). The Morgan fingerprint density at radius 1 is 1.36 bits per heavy atom. The van der Waals surface area contributed by atoms with Crippen molar-refractivity contribution >= 4 is 27.7 Å². The van der Waals surface area contributed by atoms with Crippen LogP contribution in [0.2, 0.25) is 0 Å². The lowest BCUT2D eigenvalue weighted by Gasteiger charge is -2.05. The second kappa shape index (κ2) is 3.21. The Labute approximate surface area is 67.3 Å². The molecule has 3 nitrogen and oxygen atoms in total. The largest absolute Gasteiger partial charge is 0.480 e. The van der Waals surface area contributed by atoms with Crippen molar-refractivity contribution in [2.45, 2.75) is 11.0 Å². The minimum absolute atomic E-state index is 1.85. The van der Waals surface area contributed by atoms with Crippen molar-refractivity contribution in [3.05, 3.63) is 0 Å². The molecule has 0 amide bonds. The highest BCUT2D eigenvalue weighted by Gasteiger charge is 2.45. The maximum Gasteiger partial charge on any atom is 0.451 e. The molecule has 0 aromatic heterocycles. The molecule has 0 aromatic rings. The topological polar surface area (TPSA) is 54.4 Å². The van der Waals surface area contributed by atoms with Crippen molar-refractivity contribution < 1.29 is 27.9 Å². The van der Waals surface area contributed by atoms with E-state index >= 15 is 0 Å². The summed E-state index contributed by atoms with van der Waals surface area (Å²) in [6.07, 6.45) is -5.10. The molecule has 11 heavy (non-hydrogen) atoms. The Kier molecular flexibility index (Phi) is 3.03. The van der Waals surface area contributed by atoms with E-state index in [0.29, 0.717) is 0 Å². The van der Waals surface area contributed by atoms with Crippen molar-refractivity contribution in [2.75, 3.05) is 0 Å². The molecule has 0 aliphatic carbocycles. The van der Waals surface area contributed by atoms with Crippen molar-refractivity contribution in [1.29, 1.82) is 0 Å². The summed E-state index contributed by atoms with van der Waals surface area (Å²) in [5, 5.41) is 7.95. The number of hydrogen-bond acceptors (Lipinski definition) is 2. The fourth-order valence-electron chi connectivity index (χ4n) is 0.256. The van der Waals surface area contributed by atoms with Crippen LogP contribution in [0.4, 0.5) is 13.2 Å². The fraction of sp³-hybridized carbons (Fsp3) is 0.500. The number of halogens is 4. The lowest BCUT2D eigenvalue weighted by atomic mass is 10.3. The predicted molar refractivity (Wildman–Crippen MR) is 31.4 cm³/mol. The fourth-order valence-corrected chi connectivity index (χ4v) is 0.515. The smallest absolute Gasteiger partial charge is 0.451 e. The van der Waals surface area contributed by atoms with Crippen LogP contribution in [0.25, 0.3) is 0 Å². The number of carbonyl (C=O) groups is 2. The molecule has 1 atom stereocenters. The summed E-state index contributed by atoms with van der Waals surface area (Å²) in [7, 11) is 0. The van der Waals surface area contributed by atoms with Gasteiger partial charge in [0.2, 0.25) is 0 Å². The quantitative estimate of drug-likeness (QED) is 0.572. The van der Waals surface area contributed by atoms with Crippen LogP contribution in [0.3, 0.4) is 0 Å². The van der Waals surface area contributed by atoms with E-state index in [1.807, 2.05) is 0 Å². The first kappa shape index (κ1) is 10.4. The van der Waals surface area contributed by atoms with Crippen molar-refractivity contribution in [3.63, 3.8) is 0 Å². The Balaban J connectivity index is 4.39. The Bertz CT molecular complexity index is 188. The summed E-state index contributed by atoms with van der Waals surface area (Å²) in [4.78, 5) is 17.7. The first-order chi connectivity index (χ1) is 4.76. The number of rotatable bonds is 2.